The van der Waals surface area contributed by atoms with Crippen molar-refractivity contribution < 1.29 is 23.5 Å². The van der Waals surface area contributed by atoms with Crippen molar-refractivity contribution in [2.24, 2.45) is 0 Å². The van der Waals surface area contributed by atoms with Crippen LogP contribution in [0.1, 0.15) is 44.7 Å². The third-order valence-electron chi connectivity index (χ3n) is 5.24. The van der Waals surface area contributed by atoms with Gasteiger partial charge in [-0.05, 0) is 37.1 Å². The van der Waals surface area contributed by atoms with Crippen molar-refractivity contribution >= 4 is 39.2 Å². The van der Waals surface area contributed by atoms with E-state index in [0.717, 1.165) is 48.3 Å². The van der Waals surface area contributed by atoms with Crippen LogP contribution in [-0.2, 0) is 17.7 Å². The summed E-state index contributed by atoms with van der Waals surface area (Å²) in [5, 5.41) is 4.14. The second kappa shape index (κ2) is 8.49. The molecule has 7 nitrogen and oxygen atoms in total. The predicted octanol–water partition coefficient (Wildman–Crippen LogP) is 4.31. The first-order chi connectivity index (χ1) is 14.5. The number of fused-ring (bicyclic) bond motifs is 2. The van der Waals surface area contributed by atoms with Gasteiger partial charge in [0.15, 0.2) is 17.1 Å². The van der Waals surface area contributed by atoms with E-state index in [0.29, 0.717) is 21.9 Å². The molecule has 1 aliphatic rings. The van der Waals surface area contributed by atoms with E-state index in [1.807, 2.05) is 12.1 Å². The first kappa shape index (κ1) is 20.4. The van der Waals surface area contributed by atoms with Crippen molar-refractivity contribution in [3.8, 4) is 5.75 Å². The largest absolute Gasteiger partial charge is 0.493 e. The molecule has 1 aliphatic heterocycles. The number of esters is 1. The summed E-state index contributed by atoms with van der Waals surface area (Å²) in [6, 6.07) is 7.13. The first-order valence-electron chi connectivity index (χ1n) is 9.88. The van der Waals surface area contributed by atoms with E-state index >= 15 is 0 Å². The minimum absolute atomic E-state index is 0.157. The highest BCUT2D eigenvalue weighted by Crippen LogP contribution is 2.38. The molecule has 0 spiro atoms. The number of carbonyl (C=O) groups is 2. The lowest BCUT2D eigenvalue weighted by molar-refractivity contribution is 0.0600. The van der Waals surface area contributed by atoms with Crippen LogP contribution in [0.15, 0.2) is 28.7 Å². The number of benzene rings is 1. The maximum Gasteiger partial charge on any atom is 0.341 e. The second-order valence-corrected chi connectivity index (χ2v) is 8.27. The lowest BCUT2D eigenvalue weighted by Gasteiger charge is -2.26. The molecule has 3 aromatic rings. The number of para-hydroxylation sites is 1. The van der Waals surface area contributed by atoms with Gasteiger partial charge in [-0.2, -0.15) is 0 Å². The number of nitrogens with zero attached hydrogens (tertiary/aromatic N) is 1. The molecular formula is C22H24N2O5S. The number of rotatable bonds is 6. The van der Waals surface area contributed by atoms with Crippen LogP contribution < -0.4 is 10.1 Å². The lowest BCUT2D eigenvalue weighted by Crippen LogP contribution is -2.30. The topological polar surface area (TPSA) is 81.0 Å². The quantitative estimate of drug-likeness (QED) is 0.589. The summed E-state index contributed by atoms with van der Waals surface area (Å²) < 4.78 is 16.0. The lowest BCUT2D eigenvalue weighted by atomic mass is 10.0. The van der Waals surface area contributed by atoms with Crippen molar-refractivity contribution in [1.82, 2.24) is 4.90 Å². The van der Waals surface area contributed by atoms with Crippen molar-refractivity contribution in [2.45, 2.75) is 26.3 Å². The number of methoxy groups -OCH3 is 2. The van der Waals surface area contributed by atoms with Crippen LogP contribution in [0.3, 0.4) is 0 Å². The Kier molecular flexibility index (Phi) is 5.78. The molecule has 3 heterocycles. The fourth-order valence-electron chi connectivity index (χ4n) is 3.84. The van der Waals surface area contributed by atoms with Gasteiger partial charge in [0.2, 0.25) is 0 Å². The summed E-state index contributed by atoms with van der Waals surface area (Å²) in [5.74, 6) is -0.130. The maximum absolute atomic E-state index is 12.9. The molecular weight excluding hydrogens is 404 g/mol. The Morgan fingerprint density at radius 3 is 2.87 bits per heavy atom. The van der Waals surface area contributed by atoms with Crippen molar-refractivity contribution in [3.63, 3.8) is 0 Å². The van der Waals surface area contributed by atoms with Gasteiger partial charge in [-0.25, -0.2) is 4.79 Å². The van der Waals surface area contributed by atoms with Gasteiger partial charge in [0.1, 0.15) is 5.00 Å². The molecule has 30 heavy (non-hydrogen) atoms. The minimum atomic E-state index is -0.432. The Balaban J connectivity index is 1.65. The number of hydrogen-bond donors (Lipinski definition) is 1. The number of nitrogens with one attached hydrogen (secondary N) is 1. The van der Waals surface area contributed by atoms with E-state index in [2.05, 4.69) is 17.1 Å². The van der Waals surface area contributed by atoms with Crippen LogP contribution in [0.5, 0.6) is 5.75 Å². The number of thiophene rings is 1. The van der Waals surface area contributed by atoms with Gasteiger partial charge in [0, 0.05) is 23.4 Å². The smallest absolute Gasteiger partial charge is 0.341 e. The van der Waals surface area contributed by atoms with E-state index in [1.165, 1.54) is 18.4 Å². The van der Waals surface area contributed by atoms with Gasteiger partial charge in [0.05, 0.1) is 19.8 Å². The number of furan rings is 1. The molecule has 1 N–H and O–H groups in total. The normalized spacial score (nSPS) is 13.8. The number of ether oxygens (including phenoxy) is 2. The molecule has 0 atom stereocenters. The zero-order valence-electron chi connectivity index (χ0n) is 17.2. The van der Waals surface area contributed by atoms with Crippen LogP contribution in [0.25, 0.3) is 11.0 Å². The molecule has 4 rings (SSSR count). The number of anilines is 1. The average Bonchev–Trinajstić information content (AvgIpc) is 3.34. The maximum atomic E-state index is 12.9. The molecule has 1 amide bonds. The van der Waals surface area contributed by atoms with Gasteiger partial charge in [0.25, 0.3) is 5.91 Å². The van der Waals surface area contributed by atoms with Gasteiger partial charge in [-0.1, -0.05) is 19.1 Å². The van der Waals surface area contributed by atoms with Crippen LogP contribution >= 0.6 is 11.3 Å². The molecule has 0 aliphatic carbocycles. The van der Waals surface area contributed by atoms with Crippen molar-refractivity contribution in [2.75, 3.05) is 32.6 Å². The molecule has 0 unspecified atom stereocenters. The van der Waals surface area contributed by atoms with E-state index in [9.17, 15) is 9.59 Å². The van der Waals surface area contributed by atoms with Gasteiger partial charge in [-0.15, -0.1) is 11.3 Å². The van der Waals surface area contributed by atoms with Gasteiger partial charge >= 0.3 is 5.97 Å². The highest BCUT2D eigenvalue weighted by molar-refractivity contribution is 7.17. The Hall–Kier alpha value is -2.84. The third kappa shape index (κ3) is 3.68. The summed E-state index contributed by atoms with van der Waals surface area (Å²) >= 11 is 1.43. The summed E-state index contributed by atoms with van der Waals surface area (Å²) in [6.45, 7) is 4.82. The Morgan fingerprint density at radius 1 is 1.30 bits per heavy atom. The Bertz CT molecular complexity index is 1100. The zero-order chi connectivity index (χ0) is 21.3. The monoisotopic (exact) mass is 428 g/mol. The zero-order valence-corrected chi connectivity index (χ0v) is 18.1. The number of carbonyl (C=O) groups excluding carboxylic acids is 2. The highest BCUT2D eigenvalue weighted by Gasteiger charge is 2.29. The van der Waals surface area contributed by atoms with Gasteiger partial charge in [-0.3, -0.25) is 9.69 Å². The summed E-state index contributed by atoms with van der Waals surface area (Å²) in [5.41, 5.74) is 1.94. The van der Waals surface area contributed by atoms with Crippen molar-refractivity contribution in [3.05, 3.63) is 46.0 Å². The molecule has 1 aromatic carbocycles. The minimum Gasteiger partial charge on any atom is -0.493 e. The first-order valence-corrected chi connectivity index (χ1v) is 10.7. The van der Waals surface area contributed by atoms with Crippen LogP contribution in [-0.4, -0.2) is 44.1 Å². The van der Waals surface area contributed by atoms with Gasteiger partial charge < -0.3 is 19.2 Å². The standard InChI is InChI=1S/C22H24N2O5S/c1-4-9-24-10-8-14-17(12-24)30-21(18(14)22(26)28-3)23-20(25)16-11-13-6-5-7-15(27-2)19(13)29-16/h5-7,11H,4,8-10,12H2,1-3H3,(H,23,25). The Morgan fingerprint density at radius 2 is 2.13 bits per heavy atom. The molecule has 0 radical (unpaired) electrons. The van der Waals surface area contributed by atoms with E-state index < -0.39 is 11.9 Å². The van der Waals surface area contributed by atoms with E-state index in [4.69, 9.17) is 13.9 Å². The second-order valence-electron chi connectivity index (χ2n) is 7.17. The van der Waals surface area contributed by atoms with Crippen LogP contribution in [0, 0.1) is 0 Å². The molecule has 8 heteroatoms. The molecule has 0 bridgehead atoms. The molecule has 158 valence electrons. The SMILES string of the molecule is CCCN1CCc2c(sc(NC(=O)c3cc4cccc(OC)c4o3)c2C(=O)OC)C1. The number of hydrogen-bond acceptors (Lipinski definition) is 7. The molecule has 0 saturated heterocycles. The summed E-state index contributed by atoms with van der Waals surface area (Å²) in [4.78, 5) is 28.9. The van der Waals surface area contributed by atoms with E-state index in [-0.39, 0.29) is 5.76 Å². The van der Waals surface area contributed by atoms with Crippen LogP contribution in [0.4, 0.5) is 5.00 Å². The molecule has 0 saturated carbocycles. The molecule has 0 fully saturated rings. The average molecular weight is 429 g/mol. The molecule has 2 aromatic heterocycles. The fraction of sp³-hybridized carbons (Fsp3) is 0.364. The highest BCUT2D eigenvalue weighted by atomic mass is 32.1. The summed E-state index contributed by atoms with van der Waals surface area (Å²) in [6.07, 6.45) is 1.83. The van der Waals surface area contributed by atoms with Crippen molar-refractivity contribution in [1.29, 1.82) is 0 Å². The van der Waals surface area contributed by atoms with E-state index in [1.54, 1.807) is 19.2 Å². The predicted molar refractivity (Wildman–Crippen MR) is 116 cm³/mol. The Labute approximate surface area is 178 Å². The fourth-order valence-corrected chi connectivity index (χ4v) is 5.12. The van der Waals surface area contributed by atoms with Crippen LogP contribution in [0.2, 0.25) is 0 Å². The third-order valence-corrected chi connectivity index (χ3v) is 6.38. The summed E-state index contributed by atoms with van der Waals surface area (Å²) in [7, 11) is 2.91. The number of amides is 1.